The van der Waals surface area contributed by atoms with E-state index < -0.39 is 5.54 Å². The second-order valence-corrected chi connectivity index (χ2v) is 5.26. The third-order valence-corrected chi connectivity index (χ3v) is 2.79. The van der Waals surface area contributed by atoms with Crippen LogP contribution >= 0.6 is 0 Å². The van der Waals surface area contributed by atoms with Crippen LogP contribution in [0.25, 0.3) is 10.9 Å². The quantitative estimate of drug-likeness (QED) is 0.858. The molecule has 0 saturated heterocycles. The molecule has 17 heavy (non-hydrogen) atoms. The highest BCUT2D eigenvalue weighted by atomic mass is 16.1. The summed E-state index contributed by atoms with van der Waals surface area (Å²) in [6.45, 7) is 6.33. The lowest BCUT2D eigenvalue weighted by Gasteiger charge is -2.21. The molecule has 2 rings (SSSR count). The van der Waals surface area contributed by atoms with Gasteiger partial charge in [0, 0.05) is 23.5 Å². The van der Waals surface area contributed by atoms with Gasteiger partial charge in [-0.3, -0.25) is 4.79 Å². The molecule has 2 aromatic rings. The maximum Gasteiger partial charge on any atom is 0.251 e. The summed E-state index contributed by atoms with van der Waals surface area (Å²) in [6, 6.07) is 9.60. The van der Waals surface area contributed by atoms with Crippen LogP contribution < -0.4 is 11.3 Å². The Morgan fingerprint density at radius 3 is 2.59 bits per heavy atom. The number of pyridine rings is 1. The van der Waals surface area contributed by atoms with E-state index in [1.54, 1.807) is 10.6 Å². The first-order valence-corrected chi connectivity index (χ1v) is 5.76. The van der Waals surface area contributed by atoms with Gasteiger partial charge in [-0.25, -0.2) is 0 Å². The molecule has 0 radical (unpaired) electrons. The molecule has 0 aliphatic carbocycles. The molecule has 1 aromatic heterocycles. The first-order valence-electron chi connectivity index (χ1n) is 5.76. The summed E-state index contributed by atoms with van der Waals surface area (Å²) in [7, 11) is 0. The number of para-hydroxylation sites is 1. The maximum absolute atomic E-state index is 12.0. The predicted molar refractivity (Wildman–Crippen MR) is 71.2 cm³/mol. The number of nitrogens with zero attached hydrogens (tertiary/aromatic N) is 1. The van der Waals surface area contributed by atoms with Gasteiger partial charge in [-0.2, -0.15) is 0 Å². The zero-order valence-electron chi connectivity index (χ0n) is 10.5. The van der Waals surface area contributed by atoms with Gasteiger partial charge in [0.15, 0.2) is 0 Å². The summed E-state index contributed by atoms with van der Waals surface area (Å²) < 4.78 is 1.75. The van der Waals surface area contributed by atoms with Crippen molar-refractivity contribution in [3.63, 3.8) is 0 Å². The van der Waals surface area contributed by atoms with Crippen molar-refractivity contribution in [1.29, 1.82) is 0 Å². The van der Waals surface area contributed by atoms with Crippen molar-refractivity contribution < 1.29 is 0 Å². The smallest absolute Gasteiger partial charge is 0.251 e. The Morgan fingerprint density at radius 1 is 1.29 bits per heavy atom. The lowest BCUT2D eigenvalue weighted by Crippen LogP contribution is -2.40. The summed E-state index contributed by atoms with van der Waals surface area (Å²) in [5.74, 6) is 0. The van der Waals surface area contributed by atoms with Gasteiger partial charge < -0.3 is 10.3 Å². The van der Waals surface area contributed by atoms with Crippen LogP contribution in [0.4, 0.5) is 0 Å². The lowest BCUT2D eigenvalue weighted by molar-refractivity contribution is 0.434. The highest BCUT2D eigenvalue weighted by Gasteiger charge is 2.14. The van der Waals surface area contributed by atoms with Crippen molar-refractivity contribution >= 4 is 10.9 Å². The van der Waals surface area contributed by atoms with E-state index in [4.69, 9.17) is 5.73 Å². The summed E-state index contributed by atoms with van der Waals surface area (Å²) in [4.78, 5) is 12.0. The predicted octanol–water partition coefficient (Wildman–Crippen LogP) is 2.05. The minimum atomic E-state index is -0.401. The molecule has 0 unspecified atom stereocenters. The number of rotatable bonds is 2. The largest absolute Gasteiger partial charge is 0.324 e. The number of hydrogen-bond acceptors (Lipinski definition) is 2. The van der Waals surface area contributed by atoms with Crippen molar-refractivity contribution in [3.8, 4) is 0 Å². The molecule has 1 heterocycles. The van der Waals surface area contributed by atoms with Gasteiger partial charge in [-0.1, -0.05) is 18.2 Å². The average Bonchev–Trinajstić information content (AvgIpc) is 2.23. The van der Waals surface area contributed by atoms with Crippen LogP contribution in [0.1, 0.15) is 19.4 Å². The Labute approximate surface area is 101 Å². The molecule has 0 aliphatic heterocycles. The fourth-order valence-electron chi connectivity index (χ4n) is 2.07. The van der Waals surface area contributed by atoms with Crippen LogP contribution in [0, 0.1) is 6.92 Å². The van der Waals surface area contributed by atoms with Crippen molar-refractivity contribution in [1.82, 2.24) is 4.57 Å². The zero-order valence-corrected chi connectivity index (χ0v) is 10.5. The second-order valence-electron chi connectivity index (χ2n) is 5.26. The van der Waals surface area contributed by atoms with E-state index in [0.29, 0.717) is 6.54 Å². The third-order valence-electron chi connectivity index (χ3n) is 2.79. The SMILES string of the molecule is Cc1cc(=O)n(CC(C)(C)N)c2ccccc12. The highest BCUT2D eigenvalue weighted by molar-refractivity contribution is 5.82. The van der Waals surface area contributed by atoms with Crippen LogP contribution in [-0.2, 0) is 6.54 Å². The van der Waals surface area contributed by atoms with E-state index in [1.807, 2.05) is 45.0 Å². The second kappa shape index (κ2) is 4.00. The molecule has 0 saturated carbocycles. The van der Waals surface area contributed by atoms with E-state index in [2.05, 4.69) is 0 Å². The maximum atomic E-state index is 12.0. The van der Waals surface area contributed by atoms with Crippen LogP contribution in [-0.4, -0.2) is 10.1 Å². The number of fused-ring (bicyclic) bond motifs is 1. The van der Waals surface area contributed by atoms with E-state index in [-0.39, 0.29) is 5.56 Å². The number of benzene rings is 1. The van der Waals surface area contributed by atoms with Gasteiger partial charge in [-0.05, 0) is 32.4 Å². The van der Waals surface area contributed by atoms with Crippen molar-refractivity contribution in [2.45, 2.75) is 32.9 Å². The van der Waals surface area contributed by atoms with E-state index in [9.17, 15) is 4.79 Å². The van der Waals surface area contributed by atoms with Gasteiger partial charge >= 0.3 is 0 Å². The Balaban J connectivity index is 2.74. The molecule has 2 N–H and O–H groups in total. The van der Waals surface area contributed by atoms with Gasteiger partial charge in [0.25, 0.3) is 5.56 Å². The molecule has 0 spiro atoms. The van der Waals surface area contributed by atoms with Crippen LogP contribution in [0.5, 0.6) is 0 Å². The van der Waals surface area contributed by atoms with Gasteiger partial charge in [0.05, 0.1) is 5.52 Å². The van der Waals surface area contributed by atoms with Crippen molar-refractivity contribution in [3.05, 3.63) is 46.2 Å². The van der Waals surface area contributed by atoms with Gasteiger partial charge in [0.2, 0.25) is 0 Å². The zero-order chi connectivity index (χ0) is 12.6. The third kappa shape index (κ3) is 2.39. The number of nitrogens with two attached hydrogens (primary N) is 1. The van der Waals surface area contributed by atoms with Crippen molar-refractivity contribution in [2.75, 3.05) is 0 Å². The Morgan fingerprint density at radius 2 is 1.94 bits per heavy atom. The highest BCUT2D eigenvalue weighted by Crippen LogP contribution is 2.17. The average molecular weight is 230 g/mol. The van der Waals surface area contributed by atoms with Gasteiger partial charge in [0.1, 0.15) is 0 Å². The molecule has 3 nitrogen and oxygen atoms in total. The van der Waals surface area contributed by atoms with Crippen LogP contribution in [0.3, 0.4) is 0 Å². The Kier molecular flexibility index (Phi) is 2.79. The fraction of sp³-hybridized carbons (Fsp3) is 0.357. The summed E-state index contributed by atoms with van der Waals surface area (Å²) in [5.41, 5.74) is 7.58. The Bertz CT molecular complexity index is 606. The minimum absolute atomic E-state index is 0.0136. The van der Waals surface area contributed by atoms with Gasteiger partial charge in [-0.15, -0.1) is 0 Å². The molecule has 0 amide bonds. The summed E-state index contributed by atoms with van der Waals surface area (Å²) in [6.07, 6.45) is 0. The monoisotopic (exact) mass is 230 g/mol. The molecular weight excluding hydrogens is 212 g/mol. The van der Waals surface area contributed by atoms with E-state index in [1.165, 1.54) is 0 Å². The first kappa shape index (κ1) is 11.9. The molecule has 3 heteroatoms. The Hall–Kier alpha value is -1.61. The molecule has 0 bridgehead atoms. The minimum Gasteiger partial charge on any atom is -0.324 e. The molecular formula is C14H18N2O. The molecule has 1 aromatic carbocycles. The molecule has 0 fully saturated rings. The molecule has 0 atom stereocenters. The van der Waals surface area contributed by atoms with E-state index in [0.717, 1.165) is 16.5 Å². The lowest BCUT2D eigenvalue weighted by atomic mass is 10.1. The standard InChI is InChI=1S/C14H18N2O/c1-10-8-13(17)16(9-14(2,3)15)12-7-5-4-6-11(10)12/h4-8H,9,15H2,1-3H3. The fourth-order valence-corrected chi connectivity index (χ4v) is 2.07. The number of aromatic nitrogens is 1. The van der Waals surface area contributed by atoms with Crippen LogP contribution in [0.15, 0.2) is 35.1 Å². The normalized spacial score (nSPS) is 12.0. The first-order chi connectivity index (χ1) is 7.88. The van der Waals surface area contributed by atoms with E-state index >= 15 is 0 Å². The topological polar surface area (TPSA) is 48.0 Å². The number of hydrogen-bond donors (Lipinski definition) is 1. The summed E-state index contributed by atoms with van der Waals surface area (Å²) in [5, 5.41) is 1.11. The van der Waals surface area contributed by atoms with Crippen LogP contribution in [0.2, 0.25) is 0 Å². The molecule has 90 valence electrons. The number of aryl methyl sites for hydroxylation is 1. The molecule has 0 aliphatic rings. The van der Waals surface area contributed by atoms with Crippen molar-refractivity contribution in [2.24, 2.45) is 5.73 Å². The summed E-state index contributed by atoms with van der Waals surface area (Å²) >= 11 is 0.